The molecule has 0 aliphatic carbocycles. The molecule has 0 bridgehead atoms. The third-order valence-corrected chi connectivity index (χ3v) is 3.38. The summed E-state index contributed by atoms with van der Waals surface area (Å²) < 4.78 is 0. The van der Waals surface area contributed by atoms with E-state index in [0.29, 0.717) is 5.75 Å². The van der Waals surface area contributed by atoms with Gasteiger partial charge in [-0.15, -0.1) is 0 Å². The molecule has 1 aromatic rings. The lowest BCUT2D eigenvalue weighted by Crippen LogP contribution is -1.99. The Bertz CT molecular complexity index is 317. The number of benzene rings is 1. The third kappa shape index (κ3) is 5.76. The van der Waals surface area contributed by atoms with Gasteiger partial charge < -0.3 is 5.11 Å². The Balaban J connectivity index is 2.24. The SMILES string of the molecule is CC(C)CCCC(C)CCc1ccccc1O. The lowest BCUT2D eigenvalue weighted by Gasteiger charge is -2.12. The van der Waals surface area contributed by atoms with Gasteiger partial charge in [-0.05, 0) is 36.3 Å². The summed E-state index contributed by atoms with van der Waals surface area (Å²) in [4.78, 5) is 0. The number of rotatable bonds is 7. The molecule has 0 heterocycles. The van der Waals surface area contributed by atoms with E-state index in [4.69, 9.17) is 0 Å². The van der Waals surface area contributed by atoms with Crippen LogP contribution in [0.5, 0.6) is 5.75 Å². The predicted molar refractivity (Wildman–Crippen MR) is 74.3 cm³/mol. The molecule has 1 N–H and O–H groups in total. The van der Waals surface area contributed by atoms with Crippen LogP contribution >= 0.6 is 0 Å². The molecule has 1 aromatic carbocycles. The Labute approximate surface area is 106 Å². The highest BCUT2D eigenvalue weighted by Crippen LogP contribution is 2.21. The zero-order valence-corrected chi connectivity index (χ0v) is 11.4. The standard InChI is InChI=1S/C16H26O/c1-13(2)7-6-8-14(3)11-12-15-9-4-5-10-16(15)17/h4-5,9-10,13-14,17H,6-8,11-12H2,1-3H3. The second-order valence-corrected chi connectivity index (χ2v) is 5.60. The van der Waals surface area contributed by atoms with Crippen molar-refractivity contribution < 1.29 is 5.11 Å². The van der Waals surface area contributed by atoms with Crippen molar-refractivity contribution in [3.8, 4) is 5.75 Å². The Morgan fingerprint density at radius 2 is 1.71 bits per heavy atom. The van der Waals surface area contributed by atoms with Crippen molar-refractivity contribution in [1.82, 2.24) is 0 Å². The van der Waals surface area contributed by atoms with E-state index in [9.17, 15) is 5.11 Å². The van der Waals surface area contributed by atoms with Gasteiger partial charge in [0, 0.05) is 0 Å². The van der Waals surface area contributed by atoms with Crippen LogP contribution in [-0.4, -0.2) is 5.11 Å². The van der Waals surface area contributed by atoms with Crippen LogP contribution in [0.15, 0.2) is 24.3 Å². The number of hydrogen-bond acceptors (Lipinski definition) is 1. The molecule has 1 nitrogen and oxygen atoms in total. The summed E-state index contributed by atoms with van der Waals surface area (Å²) in [5.41, 5.74) is 1.09. The summed E-state index contributed by atoms with van der Waals surface area (Å²) in [6.07, 6.45) is 6.15. The average molecular weight is 234 g/mol. The van der Waals surface area contributed by atoms with Gasteiger partial charge in [0.15, 0.2) is 0 Å². The van der Waals surface area contributed by atoms with Crippen molar-refractivity contribution in [3.05, 3.63) is 29.8 Å². The molecule has 17 heavy (non-hydrogen) atoms. The molecule has 1 rings (SSSR count). The molecule has 0 saturated carbocycles. The van der Waals surface area contributed by atoms with Crippen LogP contribution in [0.4, 0.5) is 0 Å². The maximum atomic E-state index is 9.67. The Kier molecular flexibility index (Phi) is 6.10. The van der Waals surface area contributed by atoms with E-state index >= 15 is 0 Å². The summed E-state index contributed by atoms with van der Waals surface area (Å²) in [6, 6.07) is 7.68. The third-order valence-electron chi connectivity index (χ3n) is 3.38. The second-order valence-electron chi connectivity index (χ2n) is 5.60. The summed E-state index contributed by atoms with van der Waals surface area (Å²) in [5, 5.41) is 9.67. The second kappa shape index (κ2) is 7.37. The molecule has 0 aliphatic rings. The van der Waals surface area contributed by atoms with Crippen molar-refractivity contribution in [1.29, 1.82) is 0 Å². The molecule has 0 amide bonds. The van der Waals surface area contributed by atoms with Gasteiger partial charge in [-0.2, -0.15) is 0 Å². The van der Waals surface area contributed by atoms with E-state index in [-0.39, 0.29) is 0 Å². The minimum atomic E-state index is 0.446. The van der Waals surface area contributed by atoms with Gasteiger partial charge >= 0.3 is 0 Å². The molecule has 1 atom stereocenters. The van der Waals surface area contributed by atoms with Crippen LogP contribution in [-0.2, 0) is 6.42 Å². The summed E-state index contributed by atoms with van der Waals surface area (Å²) in [6.45, 7) is 6.89. The first kappa shape index (κ1) is 14.1. The highest BCUT2D eigenvalue weighted by atomic mass is 16.3. The van der Waals surface area contributed by atoms with E-state index in [0.717, 1.165) is 23.8 Å². The zero-order chi connectivity index (χ0) is 12.7. The van der Waals surface area contributed by atoms with Crippen molar-refractivity contribution in [2.24, 2.45) is 11.8 Å². The Morgan fingerprint density at radius 1 is 1.00 bits per heavy atom. The van der Waals surface area contributed by atoms with Crippen molar-refractivity contribution in [2.45, 2.75) is 52.9 Å². The molecular weight excluding hydrogens is 208 g/mol. The van der Waals surface area contributed by atoms with Gasteiger partial charge in [-0.3, -0.25) is 0 Å². The number of para-hydroxylation sites is 1. The highest BCUT2D eigenvalue weighted by Gasteiger charge is 2.05. The van der Waals surface area contributed by atoms with Crippen LogP contribution in [0, 0.1) is 11.8 Å². The van der Waals surface area contributed by atoms with E-state index < -0.39 is 0 Å². The lowest BCUT2D eigenvalue weighted by atomic mass is 9.94. The van der Waals surface area contributed by atoms with E-state index in [1.54, 1.807) is 6.07 Å². The molecule has 0 fully saturated rings. The fourth-order valence-corrected chi connectivity index (χ4v) is 2.14. The molecule has 0 aliphatic heterocycles. The number of hydrogen-bond donors (Lipinski definition) is 1. The normalized spacial score (nSPS) is 12.9. The molecule has 0 saturated heterocycles. The first-order valence-corrected chi connectivity index (χ1v) is 6.86. The Morgan fingerprint density at radius 3 is 2.35 bits per heavy atom. The van der Waals surface area contributed by atoms with Crippen LogP contribution in [0.1, 0.15) is 52.0 Å². The maximum Gasteiger partial charge on any atom is 0.118 e. The predicted octanol–water partition coefficient (Wildman–Crippen LogP) is 4.79. The van der Waals surface area contributed by atoms with Crippen LogP contribution in [0.3, 0.4) is 0 Å². The smallest absolute Gasteiger partial charge is 0.118 e. The molecule has 0 radical (unpaired) electrons. The maximum absolute atomic E-state index is 9.67. The topological polar surface area (TPSA) is 20.2 Å². The van der Waals surface area contributed by atoms with Gasteiger partial charge in [0.25, 0.3) is 0 Å². The zero-order valence-electron chi connectivity index (χ0n) is 11.4. The van der Waals surface area contributed by atoms with E-state index in [1.807, 2.05) is 18.2 Å². The van der Waals surface area contributed by atoms with Crippen LogP contribution in [0.25, 0.3) is 0 Å². The Hall–Kier alpha value is -0.980. The first-order chi connectivity index (χ1) is 8.09. The lowest BCUT2D eigenvalue weighted by molar-refractivity contribution is 0.429. The summed E-state index contributed by atoms with van der Waals surface area (Å²) >= 11 is 0. The van der Waals surface area contributed by atoms with E-state index in [1.165, 1.54) is 25.7 Å². The van der Waals surface area contributed by atoms with Gasteiger partial charge in [0.2, 0.25) is 0 Å². The molecule has 1 heteroatoms. The summed E-state index contributed by atoms with van der Waals surface area (Å²) in [5.74, 6) is 2.02. The van der Waals surface area contributed by atoms with Gasteiger partial charge in [0.05, 0.1) is 0 Å². The monoisotopic (exact) mass is 234 g/mol. The number of phenolic OH excluding ortho intramolecular Hbond substituents is 1. The number of phenols is 1. The van der Waals surface area contributed by atoms with Crippen molar-refractivity contribution in [3.63, 3.8) is 0 Å². The van der Waals surface area contributed by atoms with Crippen LogP contribution < -0.4 is 0 Å². The number of aromatic hydroxyl groups is 1. The minimum Gasteiger partial charge on any atom is -0.508 e. The largest absolute Gasteiger partial charge is 0.508 e. The van der Waals surface area contributed by atoms with E-state index in [2.05, 4.69) is 20.8 Å². The van der Waals surface area contributed by atoms with Crippen molar-refractivity contribution >= 4 is 0 Å². The molecule has 96 valence electrons. The molecule has 0 spiro atoms. The van der Waals surface area contributed by atoms with Crippen LogP contribution in [0.2, 0.25) is 0 Å². The molecule has 0 aromatic heterocycles. The van der Waals surface area contributed by atoms with Gasteiger partial charge in [-0.25, -0.2) is 0 Å². The van der Waals surface area contributed by atoms with Crippen molar-refractivity contribution in [2.75, 3.05) is 0 Å². The van der Waals surface area contributed by atoms with Gasteiger partial charge in [0.1, 0.15) is 5.75 Å². The number of aryl methyl sites for hydroxylation is 1. The molecule has 1 unspecified atom stereocenters. The highest BCUT2D eigenvalue weighted by molar-refractivity contribution is 5.31. The quantitative estimate of drug-likeness (QED) is 0.719. The fourth-order valence-electron chi connectivity index (χ4n) is 2.14. The average Bonchev–Trinajstić information content (AvgIpc) is 2.27. The molecular formula is C16H26O. The summed E-state index contributed by atoms with van der Waals surface area (Å²) in [7, 11) is 0. The fraction of sp³-hybridized carbons (Fsp3) is 0.625. The van der Waals surface area contributed by atoms with Gasteiger partial charge in [-0.1, -0.05) is 58.2 Å². The minimum absolute atomic E-state index is 0.446. The first-order valence-electron chi connectivity index (χ1n) is 6.86.